The summed E-state index contributed by atoms with van der Waals surface area (Å²) in [6.07, 6.45) is 0. The molecule has 0 spiro atoms. The van der Waals surface area contributed by atoms with Gasteiger partial charge in [0.05, 0.1) is 5.69 Å². The van der Waals surface area contributed by atoms with Gasteiger partial charge < -0.3 is 5.32 Å². The van der Waals surface area contributed by atoms with Gasteiger partial charge in [-0.25, -0.2) is 4.21 Å². The van der Waals surface area contributed by atoms with E-state index < -0.39 is 11.3 Å². The molecule has 1 amide bonds. The van der Waals surface area contributed by atoms with E-state index in [0.717, 1.165) is 4.31 Å². The predicted octanol–water partition coefficient (Wildman–Crippen LogP) is 2.27. The van der Waals surface area contributed by atoms with Crippen LogP contribution < -0.4 is 9.62 Å². The van der Waals surface area contributed by atoms with Gasteiger partial charge >= 0.3 is 0 Å². The molecule has 0 heterocycles. The van der Waals surface area contributed by atoms with Crippen LogP contribution in [0.15, 0.2) is 60.7 Å². The number of nitrogens with zero attached hydrogens (tertiary/aromatic N) is 1. The fourth-order valence-electron chi connectivity index (χ4n) is 1.68. The number of nitrogens with one attached hydrogen (secondary N) is 1. The van der Waals surface area contributed by atoms with Gasteiger partial charge in [0, 0.05) is 5.69 Å². The number of amides is 1. The van der Waals surface area contributed by atoms with E-state index in [1.165, 1.54) is 0 Å². The number of rotatable bonds is 5. The number of carbonyl (C=O) groups excluding carboxylic acids is 1. The number of hydrogen-bond acceptors (Lipinski definition) is 2. The molecule has 20 heavy (non-hydrogen) atoms. The standard InChI is InChI=1S/C14H14N2O3S/c17-14(15-12-7-3-1-4-8-12)11-16(20(18)19)13-9-5-2-6-10-13/h1-10H,11H2,(H,15,17)(H,18,19). The molecule has 104 valence electrons. The van der Waals surface area contributed by atoms with Crippen molar-refractivity contribution in [3.8, 4) is 0 Å². The zero-order valence-corrected chi connectivity index (χ0v) is 11.4. The molecule has 0 aromatic heterocycles. The van der Waals surface area contributed by atoms with E-state index in [4.69, 9.17) is 0 Å². The third kappa shape index (κ3) is 3.91. The Morgan fingerprint density at radius 1 is 1.05 bits per heavy atom. The lowest BCUT2D eigenvalue weighted by atomic mass is 10.3. The van der Waals surface area contributed by atoms with Gasteiger partial charge in [0.2, 0.25) is 5.91 Å². The lowest BCUT2D eigenvalue weighted by molar-refractivity contribution is -0.114. The highest BCUT2D eigenvalue weighted by atomic mass is 32.2. The van der Waals surface area contributed by atoms with Crippen molar-refractivity contribution in [1.29, 1.82) is 0 Å². The second-order valence-electron chi connectivity index (χ2n) is 4.02. The molecule has 0 aliphatic carbocycles. The minimum absolute atomic E-state index is 0.206. The second kappa shape index (κ2) is 6.83. The van der Waals surface area contributed by atoms with Crippen LogP contribution in [0.25, 0.3) is 0 Å². The first-order valence-corrected chi connectivity index (χ1v) is 7.01. The molecule has 0 aliphatic heterocycles. The molecule has 0 saturated carbocycles. The summed E-state index contributed by atoms with van der Waals surface area (Å²) in [7, 11) is 0. The fourth-order valence-corrected chi connectivity index (χ4v) is 2.21. The molecule has 2 N–H and O–H groups in total. The maximum absolute atomic E-state index is 11.9. The molecule has 5 nitrogen and oxygen atoms in total. The maximum atomic E-state index is 11.9. The Balaban J connectivity index is 2.06. The van der Waals surface area contributed by atoms with Crippen LogP contribution in [0.1, 0.15) is 0 Å². The molecule has 0 fully saturated rings. The van der Waals surface area contributed by atoms with Crippen molar-refractivity contribution in [2.24, 2.45) is 0 Å². The first kappa shape index (κ1) is 14.2. The highest BCUT2D eigenvalue weighted by molar-refractivity contribution is 7.80. The summed E-state index contributed by atoms with van der Waals surface area (Å²) in [5.74, 6) is -0.359. The number of para-hydroxylation sites is 2. The van der Waals surface area contributed by atoms with E-state index >= 15 is 0 Å². The van der Waals surface area contributed by atoms with E-state index in [-0.39, 0.29) is 12.5 Å². The zero-order valence-electron chi connectivity index (χ0n) is 10.6. The normalized spacial score (nSPS) is 11.7. The smallest absolute Gasteiger partial charge is 0.262 e. The molecule has 2 rings (SSSR count). The van der Waals surface area contributed by atoms with Gasteiger partial charge in [0.25, 0.3) is 11.3 Å². The quantitative estimate of drug-likeness (QED) is 0.830. The topological polar surface area (TPSA) is 69.6 Å². The molecule has 6 heteroatoms. The minimum Gasteiger partial charge on any atom is -0.325 e. The van der Waals surface area contributed by atoms with Crippen LogP contribution in [0.5, 0.6) is 0 Å². The summed E-state index contributed by atoms with van der Waals surface area (Å²) in [4.78, 5) is 11.9. The second-order valence-corrected chi connectivity index (χ2v) is 4.92. The average Bonchev–Trinajstić information content (AvgIpc) is 2.46. The van der Waals surface area contributed by atoms with Gasteiger partial charge in [-0.1, -0.05) is 36.4 Å². The molecular formula is C14H14N2O3S. The Morgan fingerprint density at radius 2 is 1.60 bits per heavy atom. The maximum Gasteiger partial charge on any atom is 0.262 e. The summed E-state index contributed by atoms with van der Waals surface area (Å²) >= 11 is -2.26. The van der Waals surface area contributed by atoms with Crippen molar-refractivity contribution in [3.05, 3.63) is 60.7 Å². The summed E-state index contributed by atoms with van der Waals surface area (Å²) < 4.78 is 21.8. The van der Waals surface area contributed by atoms with E-state index in [1.54, 1.807) is 54.6 Å². The Labute approximate surface area is 119 Å². The Kier molecular flexibility index (Phi) is 4.86. The third-order valence-electron chi connectivity index (χ3n) is 2.58. The molecular weight excluding hydrogens is 276 g/mol. The van der Waals surface area contributed by atoms with E-state index in [9.17, 15) is 13.6 Å². The molecule has 0 radical (unpaired) electrons. The predicted molar refractivity (Wildman–Crippen MR) is 79.6 cm³/mol. The van der Waals surface area contributed by atoms with Gasteiger partial charge in [0.1, 0.15) is 6.54 Å². The van der Waals surface area contributed by atoms with Crippen molar-refractivity contribution >= 4 is 28.5 Å². The fraction of sp³-hybridized carbons (Fsp3) is 0.0714. The van der Waals surface area contributed by atoms with Crippen LogP contribution in [0.3, 0.4) is 0 Å². The van der Waals surface area contributed by atoms with Crippen LogP contribution in [0.2, 0.25) is 0 Å². The number of carbonyl (C=O) groups is 1. The van der Waals surface area contributed by atoms with E-state index in [1.807, 2.05) is 6.07 Å². The van der Waals surface area contributed by atoms with Crippen LogP contribution in [-0.2, 0) is 16.1 Å². The molecule has 0 bridgehead atoms. The molecule has 2 aromatic carbocycles. The highest BCUT2D eigenvalue weighted by Crippen LogP contribution is 2.14. The van der Waals surface area contributed by atoms with Crippen LogP contribution in [-0.4, -0.2) is 21.2 Å². The lowest BCUT2D eigenvalue weighted by Gasteiger charge is -2.19. The van der Waals surface area contributed by atoms with Crippen molar-refractivity contribution in [3.63, 3.8) is 0 Å². The Hall–Kier alpha value is -2.18. The van der Waals surface area contributed by atoms with Gasteiger partial charge in [0.15, 0.2) is 0 Å². The molecule has 1 unspecified atom stereocenters. The van der Waals surface area contributed by atoms with E-state index in [0.29, 0.717) is 11.4 Å². The zero-order chi connectivity index (χ0) is 14.4. The highest BCUT2D eigenvalue weighted by Gasteiger charge is 2.16. The van der Waals surface area contributed by atoms with Gasteiger partial charge in [-0.3, -0.25) is 13.7 Å². The first-order valence-electron chi connectivity index (χ1n) is 5.95. The monoisotopic (exact) mass is 290 g/mol. The first-order chi connectivity index (χ1) is 9.66. The average molecular weight is 290 g/mol. The molecule has 1 atom stereocenters. The number of benzene rings is 2. The van der Waals surface area contributed by atoms with Crippen LogP contribution in [0.4, 0.5) is 11.4 Å². The Bertz CT molecular complexity index is 590. The van der Waals surface area contributed by atoms with Crippen molar-refractivity contribution in [1.82, 2.24) is 0 Å². The summed E-state index contributed by atoms with van der Waals surface area (Å²) in [6, 6.07) is 17.6. The van der Waals surface area contributed by atoms with Crippen LogP contribution >= 0.6 is 0 Å². The van der Waals surface area contributed by atoms with Crippen molar-refractivity contribution < 1.29 is 13.6 Å². The van der Waals surface area contributed by atoms with Gasteiger partial charge in [-0.05, 0) is 24.3 Å². The minimum atomic E-state index is -2.26. The van der Waals surface area contributed by atoms with E-state index in [2.05, 4.69) is 5.32 Å². The SMILES string of the molecule is O=C(CN(c1ccccc1)S(=O)O)Nc1ccccc1. The molecule has 0 aliphatic rings. The molecule has 2 aromatic rings. The number of hydrogen-bond donors (Lipinski definition) is 2. The Morgan fingerprint density at radius 3 is 2.15 bits per heavy atom. The van der Waals surface area contributed by atoms with Crippen molar-refractivity contribution in [2.45, 2.75) is 0 Å². The van der Waals surface area contributed by atoms with Gasteiger partial charge in [-0.15, -0.1) is 0 Å². The largest absolute Gasteiger partial charge is 0.325 e. The summed E-state index contributed by atoms with van der Waals surface area (Å²) in [5.41, 5.74) is 1.16. The number of anilines is 2. The lowest BCUT2D eigenvalue weighted by Crippen LogP contribution is -2.34. The summed E-state index contributed by atoms with van der Waals surface area (Å²) in [5, 5.41) is 2.67. The molecule has 0 saturated heterocycles. The van der Waals surface area contributed by atoms with Gasteiger partial charge in [-0.2, -0.15) is 0 Å². The summed E-state index contributed by atoms with van der Waals surface area (Å²) in [6.45, 7) is -0.206. The van der Waals surface area contributed by atoms with Crippen molar-refractivity contribution in [2.75, 3.05) is 16.2 Å². The third-order valence-corrected chi connectivity index (χ3v) is 3.29. The van der Waals surface area contributed by atoms with Crippen LogP contribution in [0, 0.1) is 0 Å².